The van der Waals surface area contributed by atoms with E-state index in [4.69, 9.17) is 34.9 Å². The van der Waals surface area contributed by atoms with Crippen molar-refractivity contribution in [3.63, 3.8) is 0 Å². The summed E-state index contributed by atoms with van der Waals surface area (Å²) in [6.07, 6.45) is 42.7. The fourth-order valence-electron chi connectivity index (χ4n) is 11.4. The number of alkyl carbamates (subject to hydrolysis) is 1. The van der Waals surface area contributed by atoms with Gasteiger partial charge in [0.2, 0.25) is 0 Å². The number of carbonyl (C=O) groups is 6. The number of esters is 3. The number of amides is 1. The molecular weight excluding hydrogens is 1110 g/mol. The molecule has 0 radical (unpaired) electrons. The van der Waals surface area contributed by atoms with Crippen molar-refractivity contribution in [2.45, 2.75) is 344 Å². The van der Waals surface area contributed by atoms with Gasteiger partial charge in [0.1, 0.15) is 41.9 Å². The number of aliphatic hydroxyl groups excluding tert-OH is 1. The average Bonchev–Trinajstić information content (AvgIpc) is 3.18. The highest BCUT2D eigenvalue weighted by molar-refractivity contribution is 7.64. The number of carboxylic acids is 1. The summed E-state index contributed by atoms with van der Waals surface area (Å²) in [5.41, 5.74) is 3.99. The summed E-state index contributed by atoms with van der Waals surface area (Å²) < 4.78 is 33.1. The van der Waals surface area contributed by atoms with Crippen LogP contribution in [0.25, 0.3) is 0 Å². The number of carbonyl (C=O) groups excluding carboxylic acids is 5. The van der Waals surface area contributed by atoms with E-state index in [2.05, 4.69) is 5.32 Å². The summed E-state index contributed by atoms with van der Waals surface area (Å²) in [6.45, 7) is 28.7. The number of ether oxygens (including phenoxy) is 4. The first-order valence-electron chi connectivity index (χ1n) is 33.4. The van der Waals surface area contributed by atoms with Gasteiger partial charge in [-0.05, 0) is 178 Å². The average molecular weight is 1240 g/mol. The van der Waals surface area contributed by atoms with Crippen LogP contribution in [-0.4, -0.2) is 101 Å². The van der Waals surface area contributed by atoms with Crippen molar-refractivity contribution in [1.82, 2.24) is 5.32 Å². The number of nitrogens with two attached hydrogens (primary N) is 1. The summed E-state index contributed by atoms with van der Waals surface area (Å²) in [6, 6.07) is -0.651. The molecule has 16 heteroatoms. The molecule has 0 heterocycles. The molecule has 0 bridgehead atoms. The van der Waals surface area contributed by atoms with Crippen LogP contribution in [0.2, 0.25) is 0 Å². The molecule has 3 unspecified atom stereocenters. The van der Waals surface area contributed by atoms with Gasteiger partial charge in [0, 0.05) is 18.6 Å². The number of aldehydes is 1. The van der Waals surface area contributed by atoms with Crippen molar-refractivity contribution < 1.29 is 62.5 Å². The zero-order chi connectivity index (χ0) is 64.9. The zero-order valence-corrected chi connectivity index (χ0v) is 57.9. The number of rotatable bonds is 23. The lowest BCUT2D eigenvalue weighted by atomic mass is 9.96. The van der Waals surface area contributed by atoms with Gasteiger partial charge in [-0.2, -0.15) is 0 Å². The van der Waals surface area contributed by atoms with Crippen molar-refractivity contribution in [3.8, 4) is 0 Å². The second-order valence-corrected chi connectivity index (χ2v) is 33.0. The van der Waals surface area contributed by atoms with Crippen LogP contribution in [0.5, 0.6) is 0 Å². The minimum absolute atomic E-state index is 0. The van der Waals surface area contributed by atoms with Crippen molar-refractivity contribution >= 4 is 43.4 Å². The Morgan fingerprint density at radius 2 is 0.884 bits per heavy atom. The minimum atomic E-state index is -2.92. The third-order valence-corrected chi connectivity index (χ3v) is 17.6. The Labute approximate surface area is 525 Å². The lowest BCUT2D eigenvalue weighted by Crippen LogP contribution is -2.45. The lowest BCUT2D eigenvalue weighted by molar-refractivity contribution is -0.160. The molecule has 5 aliphatic carbocycles. The Bertz CT molecular complexity index is 1910. The molecule has 0 aromatic heterocycles. The molecule has 0 aromatic rings. The number of aliphatic carboxylic acids is 1. The first-order valence-corrected chi connectivity index (χ1v) is 36.0. The van der Waals surface area contributed by atoms with E-state index in [0.717, 1.165) is 80.0 Å². The van der Waals surface area contributed by atoms with E-state index >= 15 is 0 Å². The topological polar surface area (TPSA) is 235 Å². The van der Waals surface area contributed by atoms with Crippen LogP contribution in [0.3, 0.4) is 0 Å². The summed E-state index contributed by atoms with van der Waals surface area (Å²) in [5.74, 6) is 1.54. The third-order valence-electron chi connectivity index (χ3n) is 16.0. The molecule has 5 aliphatic rings. The molecule has 0 spiro atoms. The molecule has 5 N–H and O–H groups in total. The second-order valence-electron chi connectivity index (χ2n) is 29.6. The van der Waals surface area contributed by atoms with Gasteiger partial charge in [-0.15, -0.1) is 0 Å². The van der Waals surface area contributed by atoms with Crippen LogP contribution >= 0.6 is 7.14 Å². The molecule has 0 saturated heterocycles. The maximum absolute atomic E-state index is 12.2. The molecule has 86 heavy (non-hydrogen) atoms. The standard InChI is InChI=1S/C15H28O2.C15H26O2.C13H26NO5P.C10H19NO2.C8H16O.C8H14O.CH4/c2*1-12(14(16)17-15(2,3)4)8-7-11-13-9-5-6-10-13;1-12(2,3)18-10(15)9(20(7,8)17)14-11(16)19-13(4,5)6;11-9(10(12)13)7-3-6-8-4-1-2-5-8;2*9-7-3-6-8-4-1-2-5-8;/h12-13H,5-11H2,1-4H3;8,13H,5-7,9-11H2,1-4H3;9H,1-8H3,(H,14,16);8-9H,1-7,11H2,(H,12,13);8-9H,1-7H2;7-8H,1-6H2;1H4/b;12-8+;;;;;. The van der Waals surface area contributed by atoms with E-state index in [9.17, 15) is 33.3 Å². The second kappa shape index (κ2) is 45.0. The van der Waals surface area contributed by atoms with Crippen molar-refractivity contribution in [2.75, 3.05) is 19.9 Å². The molecule has 0 aromatic carbocycles. The highest BCUT2D eigenvalue weighted by Gasteiger charge is 2.37. The number of allylic oxidation sites excluding steroid dienone is 1. The Morgan fingerprint density at radius 3 is 1.22 bits per heavy atom. The highest BCUT2D eigenvalue weighted by atomic mass is 31.2. The molecule has 5 rings (SSSR count). The minimum Gasteiger partial charge on any atom is -0.480 e. The quantitative estimate of drug-likeness (QED) is 0.0245. The van der Waals surface area contributed by atoms with E-state index < -0.39 is 53.8 Å². The normalized spacial score (nSPS) is 18.2. The van der Waals surface area contributed by atoms with E-state index in [-0.39, 0.29) is 30.9 Å². The van der Waals surface area contributed by atoms with E-state index in [0.29, 0.717) is 13.0 Å². The van der Waals surface area contributed by atoms with Gasteiger partial charge in [0.25, 0.3) is 0 Å². The van der Waals surface area contributed by atoms with Gasteiger partial charge in [-0.25, -0.2) is 14.4 Å². The Balaban J connectivity index is 0. The first kappa shape index (κ1) is 84.8. The maximum atomic E-state index is 12.2. The Kier molecular flexibility index (Phi) is 44.4. The van der Waals surface area contributed by atoms with E-state index in [1.54, 1.807) is 41.5 Å². The summed E-state index contributed by atoms with van der Waals surface area (Å²) in [7, 11) is -2.92. The van der Waals surface area contributed by atoms with Crippen LogP contribution in [0, 0.1) is 35.5 Å². The fraction of sp³-hybridized carbons (Fsp3) is 0.886. The fourth-order valence-corrected chi connectivity index (χ4v) is 12.4. The predicted molar refractivity (Wildman–Crippen MR) is 354 cm³/mol. The van der Waals surface area contributed by atoms with Crippen molar-refractivity contribution in [1.29, 1.82) is 0 Å². The monoisotopic (exact) mass is 1240 g/mol. The van der Waals surface area contributed by atoms with E-state index in [1.165, 1.54) is 174 Å². The number of hydrogen-bond acceptors (Lipinski definition) is 13. The van der Waals surface area contributed by atoms with Crippen molar-refractivity contribution in [2.24, 2.45) is 41.2 Å². The van der Waals surface area contributed by atoms with Crippen LogP contribution in [-0.2, 0) is 47.5 Å². The molecule has 5 fully saturated rings. The Hall–Kier alpha value is -3.29. The molecule has 0 aliphatic heterocycles. The molecule has 1 amide bonds. The summed E-state index contributed by atoms with van der Waals surface area (Å²) >= 11 is 0. The molecule has 5 saturated carbocycles. The van der Waals surface area contributed by atoms with Gasteiger partial charge < -0.3 is 49.6 Å². The SMILES string of the molecule is C.C/C(=C\CCC1CCCC1)C(=O)OC(C)(C)C.CC(C)(C)OC(=O)NC(C(=O)OC(C)(C)C)P(C)(C)=O.CC(CCCC1CCCC1)C(=O)OC(C)(C)C.NC(CCCC1CCCC1)C(=O)O.O=CCCC1CCCC1.OCCCC1CCCC1. The van der Waals surface area contributed by atoms with Gasteiger partial charge in [0.15, 0.2) is 5.78 Å². The van der Waals surface area contributed by atoms with Crippen LogP contribution in [0.1, 0.15) is 310 Å². The third kappa shape index (κ3) is 47.7. The van der Waals surface area contributed by atoms with Crippen LogP contribution < -0.4 is 11.1 Å². The summed E-state index contributed by atoms with van der Waals surface area (Å²) in [4.78, 5) is 67.6. The maximum Gasteiger partial charge on any atom is 0.408 e. The molecule has 506 valence electrons. The molecular formula is C70H133N2O13P. The summed E-state index contributed by atoms with van der Waals surface area (Å²) in [5, 5.41) is 19.4. The van der Waals surface area contributed by atoms with Crippen LogP contribution in [0.15, 0.2) is 11.6 Å². The van der Waals surface area contributed by atoms with Crippen LogP contribution in [0.4, 0.5) is 4.79 Å². The van der Waals surface area contributed by atoms with Crippen molar-refractivity contribution in [3.05, 3.63) is 11.6 Å². The highest BCUT2D eigenvalue weighted by Crippen LogP contribution is 2.42. The zero-order valence-electron chi connectivity index (χ0n) is 57.0. The Morgan fingerprint density at radius 1 is 0.547 bits per heavy atom. The largest absolute Gasteiger partial charge is 0.480 e. The number of hydrogen-bond donors (Lipinski definition) is 4. The number of carboxylic acid groups (broad SMARTS) is 1. The first-order chi connectivity index (χ1) is 39.4. The number of nitrogens with one attached hydrogen (secondary N) is 1. The van der Waals surface area contributed by atoms with E-state index in [1.807, 2.05) is 61.5 Å². The van der Waals surface area contributed by atoms with Gasteiger partial charge in [-0.1, -0.05) is 175 Å². The number of aliphatic hydroxyl groups is 1. The molecule has 3 atom stereocenters. The smallest absolute Gasteiger partial charge is 0.408 e. The van der Waals surface area contributed by atoms with Gasteiger partial charge in [0.05, 0.1) is 5.92 Å². The molecule has 15 nitrogen and oxygen atoms in total. The lowest BCUT2D eigenvalue weighted by Gasteiger charge is -2.27. The van der Waals surface area contributed by atoms with Gasteiger partial charge in [-0.3, -0.25) is 9.59 Å². The van der Waals surface area contributed by atoms with Gasteiger partial charge >= 0.3 is 30.0 Å². The predicted octanol–water partition coefficient (Wildman–Crippen LogP) is 17.9.